The van der Waals surface area contributed by atoms with Gasteiger partial charge in [0.05, 0.1) is 5.56 Å². The number of aliphatic hydroxyl groups excluding tert-OH is 1. The lowest BCUT2D eigenvalue weighted by Gasteiger charge is -2.29. The molecule has 12 nitrogen and oxygen atoms in total. The van der Waals surface area contributed by atoms with Gasteiger partial charge in [-0.15, -0.1) is 0 Å². The molecule has 2 unspecified atom stereocenters. The second-order valence-electron chi connectivity index (χ2n) is 15.3. The number of nitrogens with one attached hydrogen (secondary N) is 4. The van der Waals surface area contributed by atoms with Gasteiger partial charge < -0.3 is 39.6 Å². The van der Waals surface area contributed by atoms with E-state index >= 15 is 0 Å². The molecule has 55 heavy (non-hydrogen) atoms. The van der Waals surface area contributed by atoms with Crippen LogP contribution in [0.25, 0.3) is 44.9 Å². The Bertz CT molecular complexity index is 2650. The molecule has 0 saturated carbocycles. The Kier molecular flexibility index (Phi) is 7.72. The minimum atomic E-state index is -1.30. The topological polar surface area (TPSA) is 168 Å². The van der Waals surface area contributed by atoms with Crippen LogP contribution in [0.5, 0.6) is 5.75 Å². The number of H-pyrrole nitrogens is 1. The molecule has 1 spiro atoms. The summed E-state index contributed by atoms with van der Waals surface area (Å²) in [5.74, 6) is 0.181. The van der Waals surface area contributed by atoms with E-state index in [1.54, 1.807) is 13.8 Å². The van der Waals surface area contributed by atoms with E-state index in [-0.39, 0.29) is 30.0 Å². The number of amides is 2. The van der Waals surface area contributed by atoms with E-state index < -0.39 is 41.6 Å². The lowest BCUT2D eigenvalue weighted by molar-refractivity contribution is -0.135. The molecule has 0 fully saturated rings. The molecule has 5 atom stereocenters. The quantitative estimate of drug-likeness (QED) is 0.118. The number of aromatic amines is 1. The van der Waals surface area contributed by atoms with Gasteiger partial charge in [-0.1, -0.05) is 79.5 Å². The molecule has 3 aromatic heterocycles. The average molecular weight is 889 g/mol. The first kappa shape index (κ1) is 34.8. The van der Waals surface area contributed by atoms with Crippen LogP contribution in [0.1, 0.15) is 62.1 Å². The highest BCUT2D eigenvalue weighted by molar-refractivity contribution is 9.10. The van der Waals surface area contributed by atoms with Crippen molar-refractivity contribution in [1.82, 2.24) is 25.6 Å². The van der Waals surface area contributed by atoms with Crippen LogP contribution < -0.4 is 20.7 Å². The largest absolute Gasteiger partial charge is 0.469 e. The summed E-state index contributed by atoms with van der Waals surface area (Å²) in [7, 11) is 0. The van der Waals surface area contributed by atoms with Crippen LogP contribution in [0.4, 0.5) is 5.69 Å². The SMILES string of the molecule is CC(C)[C@H](O)C(=O)N[C@H]1Cc2ccc3c(c2)C24c5cc(Br)cc(c5NC2O3)-c2cccc3[nH]c(Cl)c(c23)-c2oc(nc2Br)-c2nc(oc24)[C@H](C(C)C)NC1=O. The third kappa shape index (κ3) is 4.90. The number of oxazole rings is 2. The van der Waals surface area contributed by atoms with Crippen LogP contribution in [0.15, 0.2) is 66.4 Å². The third-order valence-electron chi connectivity index (χ3n) is 11.2. The van der Waals surface area contributed by atoms with Gasteiger partial charge in [-0.25, -0.2) is 9.97 Å². The molecular formula is C40H33Br2ClN6O6. The standard InChI is InChI=1S/C40H33Br2ClN6O6/c1-14(2)27-37-47-29-32(55-37)40-20-10-16(11-23(35(51)46-27)45-36(52)30(50)15(3)4)8-9-24(20)53-39(40)48-28-19(12-17(41)13-21(28)40)18-6-5-7-22-25(18)26(34(43)44-22)31-33(42)49-38(29)54-31/h5-10,12-15,23,27,30,39,44,48,50H,11H2,1-4H3,(H,45,52)(H,46,51)/t23-,27-,30-,39?,40?/m0/s1. The van der Waals surface area contributed by atoms with Gasteiger partial charge in [0.1, 0.15) is 34.5 Å². The van der Waals surface area contributed by atoms with Crippen molar-refractivity contribution in [2.24, 2.45) is 11.8 Å². The summed E-state index contributed by atoms with van der Waals surface area (Å²) in [6, 6.07) is 14.1. The second-order valence-corrected chi connectivity index (χ2v) is 17.3. The molecule has 6 aromatic rings. The zero-order valence-electron chi connectivity index (χ0n) is 29.8. The number of halogens is 3. The Labute approximate surface area is 336 Å². The van der Waals surface area contributed by atoms with Crippen molar-refractivity contribution >= 4 is 71.9 Å². The Morgan fingerprint density at radius 3 is 2.64 bits per heavy atom. The Morgan fingerprint density at radius 1 is 1.04 bits per heavy atom. The first-order valence-electron chi connectivity index (χ1n) is 18.0. The van der Waals surface area contributed by atoms with E-state index in [0.717, 1.165) is 48.9 Å². The van der Waals surface area contributed by atoms with Gasteiger partial charge in [0.25, 0.3) is 5.89 Å². The van der Waals surface area contributed by atoms with Crippen LogP contribution in [0.2, 0.25) is 5.15 Å². The maximum atomic E-state index is 14.2. The number of anilines is 1. The maximum Gasteiger partial charge on any atom is 0.250 e. The van der Waals surface area contributed by atoms with Crippen LogP contribution in [-0.2, 0) is 21.4 Å². The molecule has 0 saturated heterocycles. The molecule has 7 heterocycles. The van der Waals surface area contributed by atoms with Crippen LogP contribution in [0, 0.1) is 11.8 Å². The zero-order valence-corrected chi connectivity index (χ0v) is 33.7. The molecule has 3 aromatic carbocycles. The van der Waals surface area contributed by atoms with Gasteiger partial charge in [-0.3, -0.25) is 9.59 Å². The number of fused-ring (bicyclic) bond motifs is 7. The predicted molar refractivity (Wildman–Crippen MR) is 212 cm³/mol. The number of aliphatic hydroxyl groups is 1. The van der Waals surface area contributed by atoms with Crippen LogP contribution in [0.3, 0.4) is 0 Å². The van der Waals surface area contributed by atoms with Gasteiger partial charge in [-0.05, 0) is 63.2 Å². The predicted octanol–water partition coefficient (Wildman–Crippen LogP) is 7.99. The summed E-state index contributed by atoms with van der Waals surface area (Å²) in [6.07, 6.45) is -1.87. The first-order chi connectivity index (χ1) is 26.3. The monoisotopic (exact) mass is 886 g/mol. The fourth-order valence-electron chi connectivity index (χ4n) is 8.54. The zero-order chi connectivity index (χ0) is 38.2. The summed E-state index contributed by atoms with van der Waals surface area (Å²) in [5.41, 5.74) is 5.63. The number of hydrogen-bond acceptors (Lipinski definition) is 9. The van der Waals surface area contributed by atoms with Crippen molar-refractivity contribution in [2.75, 3.05) is 5.32 Å². The van der Waals surface area contributed by atoms with Crippen molar-refractivity contribution in [2.45, 2.75) is 63.9 Å². The van der Waals surface area contributed by atoms with E-state index in [2.05, 4.69) is 71.0 Å². The van der Waals surface area contributed by atoms with Crippen molar-refractivity contribution in [3.63, 3.8) is 0 Å². The number of benzene rings is 3. The van der Waals surface area contributed by atoms with Crippen LogP contribution in [-0.4, -0.2) is 50.2 Å². The van der Waals surface area contributed by atoms with Crippen LogP contribution >= 0.6 is 43.5 Å². The van der Waals surface area contributed by atoms with Gasteiger partial charge in [0.15, 0.2) is 28.0 Å². The van der Waals surface area contributed by atoms with Gasteiger partial charge in [-0.2, -0.15) is 0 Å². The fraction of sp³-hybridized carbons (Fsp3) is 0.300. The molecule has 4 aliphatic heterocycles. The highest BCUT2D eigenvalue weighted by atomic mass is 79.9. The highest BCUT2D eigenvalue weighted by Gasteiger charge is 2.62. The summed E-state index contributed by atoms with van der Waals surface area (Å²) in [4.78, 5) is 40.8. The van der Waals surface area contributed by atoms with Gasteiger partial charge in [0, 0.05) is 44.2 Å². The molecule has 0 radical (unpaired) electrons. The minimum absolute atomic E-state index is 0.138. The molecule has 4 aliphatic rings. The number of ether oxygens (including phenoxy) is 1. The van der Waals surface area contributed by atoms with Gasteiger partial charge in [0.2, 0.25) is 17.7 Å². The highest BCUT2D eigenvalue weighted by Crippen LogP contribution is 2.62. The molecule has 0 aliphatic carbocycles. The van der Waals surface area contributed by atoms with E-state index in [1.807, 2.05) is 44.2 Å². The second kappa shape index (κ2) is 12.2. The summed E-state index contributed by atoms with van der Waals surface area (Å²) >= 11 is 14.5. The lowest BCUT2D eigenvalue weighted by atomic mass is 9.72. The number of carbonyl (C=O) groups excluding carboxylic acids is 2. The molecule has 5 N–H and O–H groups in total. The van der Waals surface area contributed by atoms with E-state index in [9.17, 15) is 14.7 Å². The van der Waals surface area contributed by atoms with Crippen molar-refractivity contribution < 1.29 is 28.3 Å². The number of hydrogen-bond donors (Lipinski definition) is 5. The smallest absolute Gasteiger partial charge is 0.250 e. The van der Waals surface area contributed by atoms with E-state index in [1.165, 1.54) is 0 Å². The summed E-state index contributed by atoms with van der Waals surface area (Å²) in [6.45, 7) is 7.39. The fourth-order valence-corrected chi connectivity index (χ4v) is 9.72. The number of nitrogens with zero attached hydrogens (tertiary/aromatic N) is 2. The van der Waals surface area contributed by atoms with E-state index in [4.69, 9.17) is 35.1 Å². The number of aromatic nitrogens is 3. The van der Waals surface area contributed by atoms with Crippen molar-refractivity contribution in [3.05, 3.63) is 91.1 Å². The Hall–Kier alpha value is -4.63. The molecule has 2 amide bonds. The minimum Gasteiger partial charge on any atom is -0.469 e. The molecule has 15 heteroatoms. The normalized spacial score (nSPS) is 22.1. The lowest BCUT2D eigenvalue weighted by Crippen LogP contribution is -2.52. The summed E-state index contributed by atoms with van der Waals surface area (Å²) in [5, 5.41) is 21.6. The molecular weight excluding hydrogens is 856 g/mol. The van der Waals surface area contributed by atoms with Gasteiger partial charge >= 0.3 is 0 Å². The average Bonchev–Trinajstić information content (AvgIpc) is 3.94. The molecule has 10 rings (SSSR count). The first-order valence-corrected chi connectivity index (χ1v) is 20.0. The maximum absolute atomic E-state index is 14.2. The summed E-state index contributed by atoms with van der Waals surface area (Å²) < 4.78 is 21.8. The van der Waals surface area contributed by atoms with E-state index in [0.29, 0.717) is 38.3 Å². The van der Waals surface area contributed by atoms with Crippen molar-refractivity contribution in [3.8, 4) is 39.8 Å². The molecule has 10 bridgehead atoms. The third-order valence-corrected chi connectivity index (χ3v) is 12.5. The van der Waals surface area contributed by atoms with Crippen molar-refractivity contribution in [1.29, 1.82) is 0 Å². The number of rotatable bonds is 4. The Morgan fingerprint density at radius 2 is 1.85 bits per heavy atom. The Balaban J connectivity index is 1.31. The molecule has 280 valence electrons. The number of carbonyl (C=O) groups is 2.